The molecule has 98 valence electrons. The molecule has 0 spiro atoms. The maximum absolute atomic E-state index is 13.0. The van der Waals surface area contributed by atoms with E-state index in [9.17, 15) is 9.18 Å². The van der Waals surface area contributed by atoms with Gasteiger partial charge in [-0.2, -0.15) is 0 Å². The molecule has 0 aliphatic carbocycles. The van der Waals surface area contributed by atoms with Crippen molar-refractivity contribution >= 4 is 37.6 Å². The van der Waals surface area contributed by atoms with Crippen molar-refractivity contribution in [2.24, 2.45) is 0 Å². The highest BCUT2D eigenvalue weighted by molar-refractivity contribution is 9.11. The summed E-state index contributed by atoms with van der Waals surface area (Å²) in [5.41, 5.74) is 1.96. The van der Waals surface area contributed by atoms with Crippen LogP contribution in [0.4, 0.5) is 4.39 Å². The van der Waals surface area contributed by atoms with Crippen molar-refractivity contribution in [1.82, 2.24) is 4.98 Å². The van der Waals surface area contributed by atoms with Crippen LogP contribution in [0.15, 0.2) is 39.4 Å². The second kappa shape index (κ2) is 5.92. The summed E-state index contributed by atoms with van der Waals surface area (Å²) in [4.78, 5) is 16.3. The topological polar surface area (TPSA) is 30.0 Å². The maximum Gasteiger partial charge on any atom is 0.186 e. The molecule has 2 aromatic rings. The summed E-state index contributed by atoms with van der Waals surface area (Å²) in [6, 6.07) is 6.19. The quantitative estimate of drug-likeness (QED) is 0.728. The highest BCUT2D eigenvalue weighted by atomic mass is 79.9. The Hall–Kier alpha value is -1.07. The van der Waals surface area contributed by atoms with Crippen LogP contribution in [-0.4, -0.2) is 10.8 Å². The summed E-state index contributed by atoms with van der Waals surface area (Å²) in [6.45, 7) is 1.79. The Balaban J connectivity index is 2.25. The van der Waals surface area contributed by atoms with Crippen LogP contribution < -0.4 is 0 Å². The van der Waals surface area contributed by atoms with E-state index in [1.54, 1.807) is 25.3 Å². The van der Waals surface area contributed by atoms with Gasteiger partial charge in [0.2, 0.25) is 0 Å². The molecule has 1 aromatic heterocycles. The molecule has 0 saturated carbocycles. The molecule has 0 amide bonds. The van der Waals surface area contributed by atoms with Crippen molar-refractivity contribution in [3.05, 3.63) is 62.0 Å². The van der Waals surface area contributed by atoms with Crippen molar-refractivity contribution in [3.63, 3.8) is 0 Å². The minimum absolute atomic E-state index is 0.103. The molecule has 5 heteroatoms. The van der Waals surface area contributed by atoms with E-state index < -0.39 is 0 Å². The van der Waals surface area contributed by atoms with E-state index in [1.165, 1.54) is 12.1 Å². The summed E-state index contributed by atoms with van der Waals surface area (Å²) in [7, 11) is 0. The summed E-state index contributed by atoms with van der Waals surface area (Å²) < 4.78 is 14.5. The SMILES string of the molecule is Cc1cc(F)ccc1CC(=O)c1ncc(Br)cc1Br. The van der Waals surface area contributed by atoms with Gasteiger partial charge < -0.3 is 0 Å². The van der Waals surface area contributed by atoms with E-state index in [4.69, 9.17) is 0 Å². The van der Waals surface area contributed by atoms with Gasteiger partial charge in [0, 0.05) is 21.6 Å². The molecule has 2 rings (SSSR count). The highest BCUT2D eigenvalue weighted by Gasteiger charge is 2.14. The summed E-state index contributed by atoms with van der Waals surface area (Å²) >= 11 is 6.60. The Bertz CT molecular complexity index is 643. The predicted molar refractivity (Wildman–Crippen MR) is 78.8 cm³/mol. The number of hydrogen-bond donors (Lipinski definition) is 0. The van der Waals surface area contributed by atoms with Gasteiger partial charge in [0.1, 0.15) is 11.5 Å². The number of pyridine rings is 1. The van der Waals surface area contributed by atoms with Crippen molar-refractivity contribution in [1.29, 1.82) is 0 Å². The molecule has 0 atom stereocenters. The van der Waals surface area contributed by atoms with Crippen LogP contribution in [0, 0.1) is 12.7 Å². The number of nitrogens with zero attached hydrogens (tertiary/aromatic N) is 1. The molecule has 0 saturated heterocycles. The zero-order chi connectivity index (χ0) is 14.0. The number of rotatable bonds is 3. The molecule has 1 heterocycles. The predicted octanol–water partition coefficient (Wildman–Crippen LogP) is 4.48. The van der Waals surface area contributed by atoms with Crippen molar-refractivity contribution < 1.29 is 9.18 Å². The summed E-state index contributed by atoms with van der Waals surface area (Å²) in [5, 5.41) is 0. The number of aryl methyl sites for hydroxylation is 1. The molecule has 0 unspecified atom stereocenters. The second-order valence-electron chi connectivity index (χ2n) is 4.15. The Labute approximate surface area is 127 Å². The fourth-order valence-electron chi connectivity index (χ4n) is 1.73. The molecule has 19 heavy (non-hydrogen) atoms. The lowest BCUT2D eigenvalue weighted by Crippen LogP contribution is -2.08. The molecule has 0 radical (unpaired) electrons. The first kappa shape index (κ1) is 14.3. The lowest BCUT2D eigenvalue weighted by atomic mass is 10.0. The van der Waals surface area contributed by atoms with E-state index >= 15 is 0 Å². The van der Waals surface area contributed by atoms with Gasteiger partial charge in [-0.25, -0.2) is 4.39 Å². The Morgan fingerprint density at radius 1 is 1.32 bits per heavy atom. The molecule has 0 bridgehead atoms. The van der Waals surface area contributed by atoms with E-state index in [0.717, 1.165) is 15.6 Å². The minimum Gasteiger partial charge on any atom is -0.292 e. The van der Waals surface area contributed by atoms with Gasteiger partial charge in [0.15, 0.2) is 5.78 Å². The molecule has 0 fully saturated rings. The summed E-state index contributed by atoms with van der Waals surface area (Å²) in [5.74, 6) is -0.397. The standard InChI is InChI=1S/C14H10Br2FNO/c1-8-4-11(17)3-2-9(8)5-13(19)14-12(16)6-10(15)7-18-14/h2-4,6-7H,5H2,1H3. The first-order valence-corrected chi connectivity index (χ1v) is 7.15. The molecular weight excluding hydrogens is 377 g/mol. The van der Waals surface area contributed by atoms with Crippen LogP contribution >= 0.6 is 31.9 Å². The van der Waals surface area contributed by atoms with Gasteiger partial charge in [0.25, 0.3) is 0 Å². The average molecular weight is 387 g/mol. The molecule has 0 aliphatic rings. The summed E-state index contributed by atoms with van der Waals surface area (Å²) in [6.07, 6.45) is 1.79. The van der Waals surface area contributed by atoms with Gasteiger partial charge in [-0.05, 0) is 68.1 Å². The normalized spacial score (nSPS) is 10.5. The average Bonchev–Trinajstić information content (AvgIpc) is 2.32. The Morgan fingerprint density at radius 3 is 2.68 bits per heavy atom. The fraction of sp³-hybridized carbons (Fsp3) is 0.143. The first-order chi connectivity index (χ1) is 8.97. The van der Waals surface area contributed by atoms with Gasteiger partial charge in [-0.1, -0.05) is 6.07 Å². The number of halogens is 3. The van der Waals surface area contributed by atoms with Crippen LogP contribution in [0.1, 0.15) is 21.6 Å². The zero-order valence-corrected chi connectivity index (χ0v) is 13.3. The van der Waals surface area contributed by atoms with Crippen molar-refractivity contribution in [2.75, 3.05) is 0 Å². The number of benzene rings is 1. The largest absolute Gasteiger partial charge is 0.292 e. The van der Waals surface area contributed by atoms with Gasteiger partial charge in [0.05, 0.1) is 0 Å². The molecule has 0 N–H and O–H groups in total. The van der Waals surface area contributed by atoms with Crippen LogP contribution in [0.25, 0.3) is 0 Å². The van der Waals surface area contributed by atoms with E-state index in [2.05, 4.69) is 36.8 Å². The monoisotopic (exact) mass is 385 g/mol. The smallest absolute Gasteiger partial charge is 0.186 e. The lowest BCUT2D eigenvalue weighted by molar-refractivity contribution is 0.0987. The third kappa shape index (κ3) is 3.48. The van der Waals surface area contributed by atoms with Crippen molar-refractivity contribution in [2.45, 2.75) is 13.3 Å². The van der Waals surface area contributed by atoms with Crippen molar-refractivity contribution in [3.8, 4) is 0 Å². The first-order valence-electron chi connectivity index (χ1n) is 5.56. The molecule has 0 aliphatic heterocycles. The highest BCUT2D eigenvalue weighted by Crippen LogP contribution is 2.21. The van der Waals surface area contributed by atoms with Crippen LogP contribution in [0.2, 0.25) is 0 Å². The number of aromatic nitrogens is 1. The van der Waals surface area contributed by atoms with Crippen LogP contribution in [0.5, 0.6) is 0 Å². The third-order valence-corrected chi connectivity index (χ3v) is 3.77. The molecular formula is C14H10Br2FNO. The van der Waals surface area contributed by atoms with Gasteiger partial charge >= 0.3 is 0 Å². The maximum atomic E-state index is 13.0. The van der Waals surface area contributed by atoms with Crippen LogP contribution in [0.3, 0.4) is 0 Å². The van der Waals surface area contributed by atoms with Gasteiger partial charge in [-0.3, -0.25) is 9.78 Å². The number of carbonyl (C=O) groups excluding carboxylic acids is 1. The minimum atomic E-state index is -0.295. The number of ketones is 1. The lowest BCUT2D eigenvalue weighted by Gasteiger charge is -2.06. The van der Waals surface area contributed by atoms with Gasteiger partial charge in [-0.15, -0.1) is 0 Å². The molecule has 2 nitrogen and oxygen atoms in total. The fourth-order valence-corrected chi connectivity index (χ4v) is 2.94. The Kier molecular flexibility index (Phi) is 4.47. The second-order valence-corrected chi connectivity index (χ2v) is 5.92. The van der Waals surface area contributed by atoms with E-state index in [-0.39, 0.29) is 18.0 Å². The number of carbonyl (C=O) groups is 1. The number of hydrogen-bond acceptors (Lipinski definition) is 2. The zero-order valence-electron chi connectivity index (χ0n) is 10.1. The third-order valence-electron chi connectivity index (χ3n) is 2.73. The number of Topliss-reactive ketones (excluding diaryl/α,β-unsaturated/α-hetero) is 1. The Morgan fingerprint density at radius 2 is 2.05 bits per heavy atom. The van der Waals surface area contributed by atoms with E-state index in [0.29, 0.717) is 10.2 Å². The van der Waals surface area contributed by atoms with E-state index in [1.807, 2.05) is 0 Å². The molecule has 1 aromatic carbocycles. The van der Waals surface area contributed by atoms with Crippen LogP contribution in [-0.2, 0) is 6.42 Å².